The number of hydrogen-bond acceptors (Lipinski definition) is 5. The van der Waals surface area contributed by atoms with Crippen LogP contribution in [0.15, 0.2) is 73.1 Å². The van der Waals surface area contributed by atoms with Crippen molar-refractivity contribution in [1.29, 1.82) is 0 Å². The molecule has 2 unspecified atom stereocenters. The van der Waals surface area contributed by atoms with Gasteiger partial charge in [0.25, 0.3) is 5.91 Å². The van der Waals surface area contributed by atoms with E-state index in [4.69, 9.17) is 16.3 Å². The van der Waals surface area contributed by atoms with Crippen LogP contribution in [0.25, 0.3) is 0 Å². The van der Waals surface area contributed by atoms with Crippen molar-refractivity contribution in [1.82, 2.24) is 15.6 Å². The number of pyridine rings is 1. The number of carbonyl (C=O) groups excluding carboxylic acids is 2. The molecule has 1 fully saturated rings. The van der Waals surface area contributed by atoms with Crippen molar-refractivity contribution in [3.05, 3.63) is 95.0 Å². The number of rotatable bonds is 7. The maximum atomic E-state index is 14.7. The van der Waals surface area contributed by atoms with Crippen LogP contribution in [0.2, 0.25) is 5.02 Å². The summed E-state index contributed by atoms with van der Waals surface area (Å²) in [5, 5.41) is 9.40. The Balaban J connectivity index is 1.57. The number of halogens is 2. The monoisotopic (exact) mass is 496 g/mol. The maximum Gasteiger partial charge on any atom is 0.412 e. The van der Waals surface area contributed by atoms with Gasteiger partial charge in [0.05, 0.1) is 6.04 Å². The molecule has 2 heterocycles. The highest BCUT2D eigenvalue weighted by atomic mass is 35.5. The lowest BCUT2D eigenvalue weighted by Gasteiger charge is -2.32. The van der Waals surface area contributed by atoms with E-state index in [1.807, 2.05) is 12.1 Å². The zero-order valence-electron chi connectivity index (χ0n) is 18.9. The SMILES string of the molecule is O=C(Nc1ccc(Cl)cc1)OC(C(=O)NC(c1ccncc1)C1CCNCC1)c1ccccc1F. The lowest BCUT2D eigenvalue weighted by atomic mass is 9.86. The Hall–Kier alpha value is -3.49. The van der Waals surface area contributed by atoms with E-state index in [0.29, 0.717) is 10.7 Å². The van der Waals surface area contributed by atoms with Gasteiger partial charge >= 0.3 is 6.09 Å². The molecule has 2 amide bonds. The third kappa shape index (κ3) is 6.55. The molecule has 3 N–H and O–H groups in total. The van der Waals surface area contributed by atoms with Gasteiger partial charge in [0.15, 0.2) is 0 Å². The second-order valence-electron chi connectivity index (χ2n) is 8.29. The predicted molar refractivity (Wildman–Crippen MR) is 131 cm³/mol. The molecule has 4 rings (SSSR count). The van der Waals surface area contributed by atoms with Gasteiger partial charge in [-0.25, -0.2) is 9.18 Å². The molecule has 0 spiro atoms. The zero-order chi connectivity index (χ0) is 24.6. The van der Waals surface area contributed by atoms with Gasteiger partial charge in [0.2, 0.25) is 6.10 Å². The van der Waals surface area contributed by atoms with Gasteiger partial charge in [-0.1, -0.05) is 29.8 Å². The number of benzene rings is 2. The molecule has 7 nitrogen and oxygen atoms in total. The molecule has 182 valence electrons. The van der Waals surface area contributed by atoms with Crippen molar-refractivity contribution in [3.8, 4) is 0 Å². The Morgan fingerprint density at radius 2 is 1.71 bits per heavy atom. The molecular weight excluding hydrogens is 471 g/mol. The van der Waals surface area contributed by atoms with E-state index in [1.54, 1.807) is 42.7 Å². The zero-order valence-corrected chi connectivity index (χ0v) is 19.7. The van der Waals surface area contributed by atoms with Crippen molar-refractivity contribution >= 4 is 29.3 Å². The largest absolute Gasteiger partial charge is 0.431 e. The molecule has 1 aliphatic rings. The van der Waals surface area contributed by atoms with Crippen molar-refractivity contribution in [2.45, 2.75) is 25.0 Å². The Kier molecular flexibility index (Phi) is 8.28. The number of carbonyl (C=O) groups is 2. The summed E-state index contributed by atoms with van der Waals surface area (Å²) < 4.78 is 20.2. The van der Waals surface area contributed by atoms with Gasteiger partial charge in [0.1, 0.15) is 5.82 Å². The average molecular weight is 497 g/mol. The van der Waals surface area contributed by atoms with Crippen molar-refractivity contribution in [2.75, 3.05) is 18.4 Å². The maximum absolute atomic E-state index is 14.7. The number of hydrogen-bond donors (Lipinski definition) is 3. The van der Waals surface area contributed by atoms with Gasteiger partial charge in [0, 0.05) is 28.7 Å². The minimum atomic E-state index is -1.49. The number of aromatic nitrogens is 1. The molecule has 0 radical (unpaired) electrons. The fourth-order valence-electron chi connectivity index (χ4n) is 4.18. The molecule has 3 aromatic rings. The molecule has 2 aromatic carbocycles. The first-order valence-corrected chi connectivity index (χ1v) is 11.8. The molecule has 35 heavy (non-hydrogen) atoms. The van der Waals surface area contributed by atoms with E-state index in [0.717, 1.165) is 31.5 Å². The second kappa shape index (κ2) is 11.8. The molecule has 0 bridgehead atoms. The molecule has 0 saturated carbocycles. The normalized spacial score (nSPS) is 15.6. The van der Waals surface area contributed by atoms with Gasteiger partial charge in [-0.05, 0) is 79.9 Å². The third-order valence-electron chi connectivity index (χ3n) is 5.96. The third-order valence-corrected chi connectivity index (χ3v) is 6.21. The quantitative estimate of drug-likeness (QED) is 0.427. The second-order valence-corrected chi connectivity index (χ2v) is 8.73. The Labute approximate surface area is 208 Å². The molecule has 1 saturated heterocycles. The van der Waals surface area contributed by atoms with E-state index >= 15 is 0 Å². The number of amides is 2. The smallest absolute Gasteiger partial charge is 0.412 e. The molecule has 1 aromatic heterocycles. The van der Waals surface area contributed by atoms with E-state index in [2.05, 4.69) is 20.9 Å². The molecular formula is C26H26ClFN4O3. The van der Waals surface area contributed by atoms with Crippen LogP contribution in [0.4, 0.5) is 14.9 Å². The Morgan fingerprint density at radius 1 is 1.03 bits per heavy atom. The van der Waals surface area contributed by atoms with Crippen LogP contribution < -0.4 is 16.0 Å². The number of piperidine rings is 1. The van der Waals surface area contributed by atoms with Crippen molar-refractivity contribution < 1.29 is 18.7 Å². The van der Waals surface area contributed by atoms with Crippen LogP contribution in [0.1, 0.15) is 36.1 Å². The Morgan fingerprint density at radius 3 is 2.40 bits per heavy atom. The van der Waals surface area contributed by atoms with Crippen LogP contribution >= 0.6 is 11.6 Å². The van der Waals surface area contributed by atoms with E-state index in [9.17, 15) is 14.0 Å². The summed E-state index contributed by atoms with van der Waals surface area (Å²) in [5.74, 6) is -1.09. The summed E-state index contributed by atoms with van der Waals surface area (Å²) in [5.41, 5.74) is 1.28. The summed E-state index contributed by atoms with van der Waals surface area (Å²) in [6, 6.07) is 15.5. The average Bonchev–Trinajstić information content (AvgIpc) is 2.88. The standard InChI is InChI=1S/C26H26ClFN4O3/c27-19-5-7-20(8-6-19)31-26(34)35-24(21-3-1-2-4-22(21)28)25(33)32-23(17-9-13-29-14-10-17)18-11-15-30-16-12-18/h1-10,13-14,18,23-24,30H,11-12,15-16H2,(H,31,34)(H,32,33). The fourth-order valence-corrected chi connectivity index (χ4v) is 4.31. The van der Waals surface area contributed by atoms with Crippen LogP contribution in [-0.4, -0.2) is 30.1 Å². The van der Waals surface area contributed by atoms with Crippen molar-refractivity contribution in [3.63, 3.8) is 0 Å². The lowest BCUT2D eigenvalue weighted by Crippen LogP contribution is -2.41. The van der Waals surface area contributed by atoms with Gasteiger partial charge in [-0.15, -0.1) is 0 Å². The molecule has 1 aliphatic heterocycles. The first kappa shape index (κ1) is 24.6. The van der Waals surface area contributed by atoms with Gasteiger partial charge in [-0.3, -0.25) is 15.1 Å². The van der Waals surface area contributed by atoms with Crippen molar-refractivity contribution in [2.24, 2.45) is 5.92 Å². The van der Waals surface area contributed by atoms with E-state index in [1.165, 1.54) is 18.2 Å². The van der Waals surface area contributed by atoms with E-state index < -0.39 is 23.9 Å². The van der Waals surface area contributed by atoms with E-state index in [-0.39, 0.29) is 17.5 Å². The first-order chi connectivity index (χ1) is 17.0. The summed E-state index contributed by atoms with van der Waals surface area (Å²) in [6.45, 7) is 1.66. The van der Waals surface area contributed by atoms with Gasteiger partial charge < -0.3 is 15.4 Å². The summed E-state index contributed by atoms with van der Waals surface area (Å²) in [6.07, 6.45) is 2.66. The summed E-state index contributed by atoms with van der Waals surface area (Å²) in [4.78, 5) is 30.3. The molecule has 9 heteroatoms. The number of anilines is 1. The minimum Gasteiger partial charge on any atom is -0.431 e. The first-order valence-electron chi connectivity index (χ1n) is 11.4. The summed E-state index contributed by atoms with van der Waals surface area (Å²) >= 11 is 5.89. The van der Waals surface area contributed by atoms with Crippen LogP contribution in [0.3, 0.4) is 0 Å². The fraction of sp³-hybridized carbons (Fsp3) is 0.269. The Bertz CT molecular complexity index is 1140. The van der Waals surface area contributed by atoms with Crippen LogP contribution in [-0.2, 0) is 9.53 Å². The van der Waals surface area contributed by atoms with Crippen LogP contribution in [0, 0.1) is 11.7 Å². The highest BCUT2D eigenvalue weighted by molar-refractivity contribution is 6.30. The van der Waals surface area contributed by atoms with Crippen LogP contribution in [0.5, 0.6) is 0 Å². The number of ether oxygens (including phenoxy) is 1. The predicted octanol–water partition coefficient (Wildman–Crippen LogP) is 5.02. The topological polar surface area (TPSA) is 92.3 Å². The molecule has 0 aliphatic carbocycles. The minimum absolute atomic E-state index is 0.0324. The summed E-state index contributed by atoms with van der Waals surface area (Å²) in [7, 11) is 0. The van der Waals surface area contributed by atoms with Gasteiger partial charge in [-0.2, -0.15) is 0 Å². The lowest BCUT2D eigenvalue weighted by molar-refractivity contribution is -0.131. The number of nitrogens with one attached hydrogen (secondary N) is 3. The molecule has 2 atom stereocenters. The number of nitrogens with zero attached hydrogens (tertiary/aromatic N) is 1. The highest BCUT2D eigenvalue weighted by Crippen LogP contribution is 2.31. The highest BCUT2D eigenvalue weighted by Gasteiger charge is 2.33.